The van der Waals surface area contributed by atoms with Gasteiger partial charge in [-0.15, -0.1) is 0 Å². The Kier molecular flexibility index (Phi) is 6.92. The van der Waals surface area contributed by atoms with Crippen LogP contribution in [0.3, 0.4) is 0 Å². The number of hydrogen-bond acceptors (Lipinski definition) is 8. The van der Waals surface area contributed by atoms with Crippen molar-refractivity contribution < 1.29 is 29.3 Å². The number of allylic oxidation sites excluding steroid dienone is 1. The average molecular weight is 549 g/mol. The molecule has 2 heterocycles. The van der Waals surface area contributed by atoms with Crippen molar-refractivity contribution in [3.05, 3.63) is 70.1 Å². The van der Waals surface area contributed by atoms with Gasteiger partial charge in [0.1, 0.15) is 6.10 Å². The number of Topliss-reactive ketones (excluding diaryl/α,β-unsaturated/α-hetero) is 1. The maximum atomic E-state index is 13.9. The summed E-state index contributed by atoms with van der Waals surface area (Å²) in [4.78, 5) is 31.8. The fraction of sp³-hybridized carbons (Fsp3) is 0.562. The molecule has 1 aromatic carbocycles. The molecule has 2 saturated heterocycles. The van der Waals surface area contributed by atoms with Crippen LogP contribution in [-0.2, 0) is 25.6 Å². The van der Waals surface area contributed by atoms with Crippen molar-refractivity contribution in [3.63, 3.8) is 0 Å². The lowest BCUT2D eigenvalue weighted by atomic mass is 9.54. The number of carbonyl (C=O) groups is 2. The van der Waals surface area contributed by atoms with Crippen molar-refractivity contribution in [2.75, 3.05) is 39.9 Å². The normalized spacial score (nSPS) is 35.5. The van der Waals surface area contributed by atoms with Gasteiger partial charge in [-0.05, 0) is 49.7 Å². The fourth-order valence-electron chi connectivity index (χ4n) is 7.96. The largest absolute Gasteiger partial charge is 0.504 e. The molecule has 1 unspecified atom stereocenters. The predicted octanol–water partition coefficient (Wildman–Crippen LogP) is 3.53. The van der Waals surface area contributed by atoms with Gasteiger partial charge < -0.3 is 24.6 Å². The molecule has 0 spiro atoms. The summed E-state index contributed by atoms with van der Waals surface area (Å²) in [5, 5.41) is 22.4. The molecule has 8 heteroatoms. The van der Waals surface area contributed by atoms with Crippen LogP contribution in [-0.4, -0.2) is 83.9 Å². The van der Waals surface area contributed by atoms with E-state index in [0.717, 1.165) is 44.7 Å². The second kappa shape index (κ2) is 10.2. The summed E-state index contributed by atoms with van der Waals surface area (Å²) in [6, 6.07) is 10.4. The van der Waals surface area contributed by atoms with Gasteiger partial charge in [-0.2, -0.15) is 0 Å². The van der Waals surface area contributed by atoms with Crippen LogP contribution in [0.25, 0.3) is 0 Å². The Morgan fingerprint density at radius 3 is 2.52 bits per heavy atom. The van der Waals surface area contributed by atoms with Gasteiger partial charge in [0.05, 0.1) is 23.7 Å². The van der Waals surface area contributed by atoms with E-state index in [1.807, 2.05) is 25.1 Å². The van der Waals surface area contributed by atoms with Gasteiger partial charge >= 0.3 is 5.97 Å². The molecule has 40 heavy (non-hydrogen) atoms. The Morgan fingerprint density at radius 2 is 1.82 bits per heavy atom. The van der Waals surface area contributed by atoms with E-state index in [1.165, 1.54) is 5.56 Å². The van der Waals surface area contributed by atoms with E-state index < -0.39 is 34.8 Å². The Bertz CT molecular complexity index is 1290. The van der Waals surface area contributed by atoms with E-state index in [0.29, 0.717) is 30.4 Å². The zero-order chi connectivity index (χ0) is 28.2. The van der Waals surface area contributed by atoms with E-state index in [-0.39, 0.29) is 23.9 Å². The van der Waals surface area contributed by atoms with E-state index >= 15 is 0 Å². The highest BCUT2D eigenvalue weighted by molar-refractivity contribution is 6.12. The molecule has 0 radical (unpaired) electrons. The van der Waals surface area contributed by atoms with Crippen molar-refractivity contribution >= 4 is 11.8 Å². The van der Waals surface area contributed by atoms with Crippen molar-refractivity contribution in [1.82, 2.24) is 9.80 Å². The molecule has 0 bridgehead atoms. The number of nitrogens with zero attached hydrogens (tertiary/aromatic N) is 2. The van der Waals surface area contributed by atoms with Crippen LogP contribution in [0.15, 0.2) is 64.6 Å². The lowest BCUT2D eigenvalue weighted by molar-refractivity contribution is -0.156. The zero-order valence-corrected chi connectivity index (χ0v) is 23.7. The van der Waals surface area contributed by atoms with Crippen molar-refractivity contribution in [3.8, 4) is 0 Å². The van der Waals surface area contributed by atoms with Crippen LogP contribution in [0.2, 0.25) is 0 Å². The molecule has 214 valence electrons. The van der Waals surface area contributed by atoms with Gasteiger partial charge in [0, 0.05) is 62.6 Å². The molecule has 1 saturated carbocycles. The third-order valence-electron chi connectivity index (χ3n) is 10.4. The van der Waals surface area contributed by atoms with Gasteiger partial charge in [-0.3, -0.25) is 9.69 Å². The molecule has 0 amide bonds. The van der Waals surface area contributed by atoms with E-state index in [4.69, 9.17) is 9.47 Å². The highest BCUT2D eigenvalue weighted by Gasteiger charge is 2.61. The predicted molar refractivity (Wildman–Crippen MR) is 149 cm³/mol. The average Bonchev–Trinajstić information content (AvgIpc) is 3.25. The Labute approximate surface area is 235 Å². The maximum absolute atomic E-state index is 13.9. The number of carbonyl (C=O) groups excluding carboxylic acids is 2. The van der Waals surface area contributed by atoms with Gasteiger partial charge in [0.15, 0.2) is 5.76 Å². The molecular weight excluding hydrogens is 508 g/mol. The molecule has 8 nitrogen and oxygen atoms in total. The third-order valence-corrected chi connectivity index (χ3v) is 10.4. The molecule has 0 aromatic heterocycles. The van der Waals surface area contributed by atoms with Crippen molar-refractivity contribution in [2.24, 2.45) is 16.7 Å². The lowest BCUT2D eigenvalue weighted by Gasteiger charge is -2.52. The number of methoxy groups -OCH3 is 1. The Balaban J connectivity index is 1.33. The van der Waals surface area contributed by atoms with Crippen molar-refractivity contribution in [1.29, 1.82) is 0 Å². The summed E-state index contributed by atoms with van der Waals surface area (Å²) in [6.07, 6.45) is 3.32. The molecular formula is C32H40N2O6. The maximum Gasteiger partial charge on any atom is 0.340 e. The number of esters is 1. The standard InChI is InChI=1S/C32H40N2O6/c1-31-12-11-23-26(22(31)9-10-24(31)35)28(36)29(37)27-21(30(38)40-25(19-39-3)32(23,27)2)18-34-15-13-33(14-16-34)17-20-7-5-4-6-8-20/h4-8,18,22,24-25,35,37H,9-17,19H2,1-3H3/b21-18+/t22?,24-,25+,31-,32-/m0/s1. The van der Waals surface area contributed by atoms with E-state index in [2.05, 4.69) is 28.9 Å². The van der Waals surface area contributed by atoms with Gasteiger partial charge in [0.2, 0.25) is 5.78 Å². The Hall–Kier alpha value is -2.94. The Morgan fingerprint density at radius 1 is 1.10 bits per heavy atom. The minimum Gasteiger partial charge on any atom is -0.504 e. The minimum atomic E-state index is -0.896. The minimum absolute atomic E-state index is 0.134. The number of ether oxygens (including phenoxy) is 2. The highest BCUT2D eigenvalue weighted by atomic mass is 16.6. The van der Waals surface area contributed by atoms with Gasteiger partial charge in [0.25, 0.3) is 0 Å². The molecule has 2 aliphatic heterocycles. The molecule has 3 fully saturated rings. The summed E-state index contributed by atoms with van der Waals surface area (Å²) in [6.45, 7) is 8.16. The topological polar surface area (TPSA) is 99.5 Å². The number of ketones is 1. The second-order valence-corrected chi connectivity index (χ2v) is 12.5. The first-order chi connectivity index (χ1) is 19.2. The summed E-state index contributed by atoms with van der Waals surface area (Å²) < 4.78 is 11.5. The molecule has 1 aromatic rings. The first-order valence-corrected chi connectivity index (χ1v) is 14.5. The lowest BCUT2D eigenvalue weighted by Crippen LogP contribution is -2.54. The zero-order valence-electron chi connectivity index (χ0n) is 23.7. The van der Waals surface area contributed by atoms with Crippen molar-refractivity contribution in [2.45, 2.75) is 58.3 Å². The number of benzene rings is 1. The first-order valence-electron chi connectivity index (χ1n) is 14.5. The van der Waals surface area contributed by atoms with Crippen LogP contribution in [0.4, 0.5) is 0 Å². The van der Waals surface area contributed by atoms with Crippen LogP contribution in [0.5, 0.6) is 0 Å². The number of piperazine rings is 1. The molecule has 5 atom stereocenters. The number of aliphatic hydroxyl groups excluding tert-OH is 2. The number of cyclic esters (lactones) is 1. The summed E-state index contributed by atoms with van der Waals surface area (Å²) >= 11 is 0. The van der Waals surface area contributed by atoms with E-state index in [1.54, 1.807) is 13.3 Å². The number of hydrogen-bond donors (Lipinski definition) is 2. The first kappa shape index (κ1) is 27.2. The molecule has 2 N–H and O–H groups in total. The number of fused-ring (bicyclic) bond motifs is 4. The summed E-state index contributed by atoms with van der Waals surface area (Å²) in [5.74, 6) is -1.44. The van der Waals surface area contributed by atoms with Gasteiger partial charge in [-0.25, -0.2) is 4.79 Å². The summed E-state index contributed by atoms with van der Waals surface area (Å²) in [7, 11) is 1.56. The number of aliphatic hydroxyl groups is 2. The molecule has 6 rings (SSSR count). The number of rotatable bonds is 5. The van der Waals surface area contributed by atoms with Crippen LogP contribution in [0.1, 0.15) is 45.1 Å². The highest BCUT2D eigenvalue weighted by Crippen LogP contribution is 2.62. The monoisotopic (exact) mass is 548 g/mol. The van der Waals surface area contributed by atoms with Gasteiger partial charge in [-0.1, -0.05) is 37.3 Å². The van der Waals surface area contributed by atoms with E-state index in [9.17, 15) is 19.8 Å². The molecule has 3 aliphatic carbocycles. The SMILES string of the molecule is COC[C@H]1OC(=O)/C(=C/N2CCN(Cc3ccccc3)CC2)C2=C(O)C(=O)C3=C(CC[C@@]4(C)C3CC[C@@H]4O)[C@]21C. The quantitative estimate of drug-likeness (QED) is 0.426. The van der Waals surface area contributed by atoms with Crippen LogP contribution in [0, 0.1) is 16.7 Å². The fourth-order valence-corrected chi connectivity index (χ4v) is 7.96. The smallest absolute Gasteiger partial charge is 0.340 e. The third kappa shape index (κ3) is 4.14. The second-order valence-electron chi connectivity index (χ2n) is 12.5. The van der Waals surface area contributed by atoms with Crippen LogP contribution >= 0.6 is 0 Å². The summed E-state index contributed by atoms with van der Waals surface area (Å²) in [5.41, 5.74) is 2.13. The van der Waals surface area contributed by atoms with Crippen LogP contribution < -0.4 is 0 Å². The molecule has 5 aliphatic rings.